The lowest BCUT2D eigenvalue weighted by atomic mass is 9.84. The van der Waals surface area contributed by atoms with Gasteiger partial charge in [-0.25, -0.2) is 4.79 Å². The number of hydrogen-bond acceptors (Lipinski definition) is 3. The maximum Gasteiger partial charge on any atom is 0.414 e. The Morgan fingerprint density at radius 1 is 1.09 bits per heavy atom. The van der Waals surface area contributed by atoms with Gasteiger partial charge in [-0.15, -0.1) is 0 Å². The number of nitrogens with zero attached hydrogens (tertiary/aromatic N) is 2. The normalized spacial score (nSPS) is 14.5. The van der Waals surface area contributed by atoms with Gasteiger partial charge in [-0.1, -0.05) is 77.6 Å². The van der Waals surface area contributed by atoms with Crippen molar-refractivity contribution >= 4 is 11.8 Å². The number of carbonyl (C=O) groups is 1. The third kappa shape index (κ3) is 6.60. The van der Waals surface area contributed by atoms with Gasteiger partial charge in [-0.2, -0.15) is 5.26 Å². The lowest BCUT2D eigenvalue weighted by Crippen LogP contribution is -2.33. The number of hydrogen-bond donors (Lipinski definition) is 0. The van der Waals surface area contributed by atoms with E-state index in [1.165, 1.54) is 37.7 Å². The van der Waals surface area contributed by atoms with Gasteiger partial charge in [0.1, 0.15) is 0 Å². The summed E-state index contributed by atoms with van der Waals surface area (Å²) in [7, 11) is 0. The Morgan fingerprint density at radius 3 is 2.39 bits per heavy atom. The largest absolute Gasteiger partial charge is 0.449 e. The molecule has 0 unspecified atom stereocenters. The van der Waals surface area contributed by atoms with E-state index in [1.54, 1.807) is 11.0 Å². The second kappa shape index (κ2) is 11.4. The molecule has 4 nitrogen and oxygen atoms in total. The van der Waals surface area contributed by atoms with Gasteiger partial charge >= 0.3 is 6.09 Å². The predicted molar refractivity (Wildman–Crippen MR) is 135 cm³/mol. The number of rotatable bonds is 7. The minimum Gasteiger partial charge on any atom is -0.449 e. The Balaban J connectivity index is 1.91. The van der Waals surface area contributed by atoms with Crippen molar-refractivity contribution in [1.82, 2.24) is 0 Å². The van der Waals surface area contributed by atoms with Crippen molar-refractivity contribution in [3.8, 4) is 6.07 Å². The van der Waals surface area contributed by atoms with E-state index in [0.29, 0.717) is 24.6 Å². The van der Waals surface area contributed by atoms with Crippen LogP contribution in [0.3, 0.4) is 0 Å². The van der Waals surface area contributed by atoms with Crippen LogP contribution < -0.4 is 4.90 Å². The summed E-state index contributed by atoms with van der Waals surface area (Å²) in [5.74, 6) is 0.661. The molecule has 1 saturated carbocycles. The van der Waals surface area contributed by atoms with Gasteiger partial charge in [0.25, 0.3) is 0 Å². The molecule has 0 aliphatic heterocycles. The zero-order valence-corrected chi connectivity index (χ0v) is 20.7. The highest BCUT2D eigenvalue weighted by atomic mass is 16.6. The van der Waals surface area contributed by atoms with E-state index in [2.05, 4.69) is 58.0 Å². The molecule has 1 amide bonds. The highest BCUT2D eigenvalue weighted by Gasteiger charge is 2.26. The highest BCUT2D eigenvalue weighted by Crippen LogP contribution is 2.35. The van der Waals surface area contributed by atoms with Crippen molar-refractivity contribution in [2.24, 2.45) is 0 Å². The van der Waals surface area contributed by atoms with Crippen LogP contribution >= 0.6 is 0 Å². The molecule has 1 fully saturated rings. The van der Waals surface area contributed by atoms with E-state index in [0.717, 1.165) is 29.7 Å². The molecule has 176 valence electrons. The van der Waals surface area contributed by atoms with E-state index in [-0.39, 0.29) is 11.5 Å². The van der Waals surface area contributed by atoms with Crippen LogP contribution in [0.4, 0.5) is 10.5 Å². The van der Waals surface area contributed by atoms with Crippen LogP contribution in [0, 0.1) is 11.3 Å². The lowest BCUT2D eigenvalue weighted by molar-refractivity contribution is 0.151. The Labute approximate surface area is 199 Å². The molecule has 1 aliphatic carbocycles. The average Bonchev–Trinajstić information content (AvgIpc) is 2.82. The summed E-state index contributed by atoms with van der Waals surface area (Å²) in [4.78, 5) is 14.9. The first-order chi connectivity index (χ1) is 15.8. The van der Waals surface area contributed by atoms with Crippen LogP contribution in [0.1, 0.15) is 101 Å². The van der Waals surface area contributed by atoms with Crippen molar-refractivity contribution < 1.29 is 9.53 Å². The Hall–Kier alpha value is -2.80. The summed E-state index contributed by atoms with van der Waals surface area (Å²) >= 11 is 0. The van der Waals surface area contributed by atoms with E-state index < -0.39 is 0 Å². The minimum atomic E-state index is -0.338. The fraction of sp³-hybridized carbons (Fsp3) is 0.517. The Morgan fingerprint density at radius 2 is 1.79 bits per heavy atom. The number of unbranched alkanes of at least 4 members (excludes halogenated alkanes) is 1. The number of carbonyl (C=O) groups excluding carboxylic acids is 1. The molecule has 0 spiro atoms. The van der Waals surface area contributed by atoms with Gasteiger partial charge in [-0.3, -0.25) is 4.90 Å². The Kier molecular flexibility index (Phi) is 8.55. The van der Waals surface area contributed by atoms with E-state index in [4.69, 9.17) is 4.74 Å². The molecule has 0 heterocycles. The number of nitriles is 1. The van der Waals surface area contributed by atoms with Crippen molar-refractivity contribution in [3.05, 3.63) is 64.7 Å². The summed E-state index contributed by atoms with van der Waals surface area (Å²) in [6.45, 7) is 9.24. The summed E-state index contributed by atoms with van der Waals surface area (Å²) < 4.78 is 5.64. The van der Waals surface area contributed by atoms with E-state index in [1.807, 2.05) is 12.1 Å². The second-order valence-electron chi connectivity index (χ2n) is 10.2. The molecule has 0 saturated heterocycles. The number of anilines is 1. The molecule has 0 radical (unpaired) electrons. The fourth-order valence-corrected chi connectivity index (χ4v) is 4.59. The van der Waals surface area contributed by atoms with Gasteiger partial charge in [0, 0.05) is 0 Å². The first-order valence-electron chi connectivity index (χ1n) is 12.4. The number of benzene rings is 2. The predicted octanol–water partition coefficient (Wildman–Crippen LogP) is 7.85. The molecule has 0 bridgehead atoms. The van der Waals surface area contributed by atoms with E-state index >= 15 is 0 Å². The molecule has 33 heavy (non-hydrogen) atoms. The number of ether oxygens (including phenoxy) is 1. The monoisotopic (exact) mass is 446 g/mol. The third-order valence-electron chi connectivity index (χ3n) is 6.57. The minimum absolute atomic E-state index is 0.227. The maximum atomic E-state index is 13.2. The van der Waals surface area contributed by atoms with Gasteiger partial charge in [0.2, 0.25) is 0 Å². The zero-order valence-electron chi connectivity index (χ0n) is 20.7. The molecule has 2 aromatic carbocycles. The van der Waals surface area contributed by atoms with Crippen LogP contribution in [0.25, 0.3) is 0 Å². The molecule has 0 atom stereocenters. The third-order valence-corrected chi connectivity index (χ3v) is 6.57. The standard InChI is InChI=1S/C29H38N2O2/c1-5-6-18-33-28(32)31(27-17-14-23(20-30)19-26(27)29(2,3)4)21-22-12-15-25(16-13-22)24-10-8-7-9-11-24/h12-17,19,24H,5-11,18,21H2,1-4H3. The van der Waals surface area contributed by atoms with E-state index in [9.17, 15) is 10.1 Å². The van der Waals surface area contributed by atoms with Crippen molar-refractivity contribution in [2.75, 3.05) is 11.5 Å². The van der Waals surface area contributed by atoms with Crippen LogP contribution in [0.5, 0.6) is 0 Å². The highest BCUT2D eigenvalue weighted by molar-refractivity contribution is 5.89. The summed E-state index contributed by atoms with van der Waals surface area (Å²) in [6, 6.07) is 16.6. The lowest BCUT2D eigenvalue weighted by Gasteiger charge is -2.30. The van der Waals surface area contributed by atoms with Crippen LogP contribution in [0.15, 0.2) is 42.5 Å². The summed E-state index contributed by atoms with van der Waals surface area (Å²) in [5, 5.41) is 9.42. The molecule has 0 N–H and O–H groups in total. The second-order valence-corrected chi connectivity index (χ2v) is 10.2. The molecule has 0 aromatic heterocycles. The van der Waals surface area contributed by atoms with Crippen molar-refractivity contribution in [1.29, 1.82) is 5.26 Å². The first-order valence-corrected chi connectivity index (χ1v) is 12.4. The van der Waals surface area contributed by atoms with Gasteiger partial charge in [0.05, 0.1) is 30.5 Å². The quantitative estimate of drug-likeness (QED) is 0.407. The van der Waals surface area contributed by atoms with Gasteiger partial charge in [-0.05, 0) is 65.5 Å². The smallest absolute Gasteiger partial charge is 0.414 e. The topological polar surface area (TPSA) is 53.3 Å². The van der Waals surface area contributed by atoms with Gasteiger partial charge < -0.3 is 4.74 Å². The van der Waals surface area contributed by atoms with Crippen LogP contribution in [0.2, 0.25) is 0 Å². The van der Waals surface area contributed by atoms with Crippen LogP contribution in [-0.4, -0.2) is 12.7 Å². The summed E-state index contributed by atoms with van der Waals surface area (Å²) in [6.07, 6.45) is 8.01. The molecule has 2 aromatic rings. The maximum absolute atomic E-state index is 13.2. The molecule has 3 rings (SSSR count). The summed E-state index contributed by atoms with van der Waals surface area (Å²) in [5.41, 5.74) is 4.62. The van der Waals surface area contributed by atoms with Gasteiger partial charge in [0.15, 0.2) is 0 Å². The molecule has 4 heteroatoms. The number of amides is 1. The Bertz CT molecular complexity index is 961. The van der Waals surface area contributed by atoms with Crippen LogP contribution in [-0.2, 0) is 16.7 Å². The average molecular weight is 447 g/mol. The fourth-order valence-electron chi connectivity index (χ4n) is 4.59. The molecule has 1 aliphatic rings. The van der Waals surface area contributed by atoms with Crippen molar-refractivity contribution in [3.63, 3.8) is 0 Å². The first kappa shape index (κ1) is 24.8. The molecular formula is C29H38N2O2. The SMILES string of the molecule is CCCCOC(=O)N(Cc1ccc(C2CCCCC2)cc1)c1ccc(C#N)cc1C(C)(C)C. The zero-order chi connectivity index (χ0) is 23.8. The molecular weight excluding hydrogens is 408 g/mol. The van der Waals surface area contributed by atoms with Crippen molar-refractivity contribution in [2.45, 2.75) is 90.5 Å².